The van der Waals surface area contributed by atoms with Gasteiger partial charge in [-0.2, -0.15) is 0 Å². The number of unbranched alkanes of at least 4 members (excludes halogenated alkanes) is 25. The lowest BCUT2D eigenvalue weighted by Gasteiger charge is -2.23. The molecule has 0 fully saturated rings. The third kappa shape index (κ3) is 39.7. The van der Waals surface area contributed by atoms with Gasteiger partial charge in [-0.1, -0.05) is 240 Å². The summed E-state index contributed by atoms with van der Waals surface area (Å²) in [6, 6.07) is 28.6. The molecule has 0 aliphatic heterocycles. The van der Waals surface area contributed by atoms with Crippen LogP contribution >= 0.6 is 45.3 Å². The van der Waals surface area contributed by atoms with Crippen LogP contribution in [0.3, 0.4) is 0 Å². The third-order valence-electron chi connectivity index (χ3n) is 16.4. The lowest BCUT2D eigenvalue weighted by molar-refractivity contribution is -0.137. The van der Waals surface area contributed by atoms with Gasteiger partial charge < -0.3 is 46.0 Å². The molecule has 100 heavy (non-hydrogen) atoms. The van der Waals surface area contributed by atoms with Crippen molar-refractivity contribution >= 4 is 51.3 Å². The molecular formula is C78H118N8O10S4. The number of aromatic nitrogens is 8. The molecule has 0 unspecified atom stereocenters. The summed E-state index contributed by atoms with van der Waals surface area (Å²) in [5.74, 6) is 0.443. The molecule has 22 heteroatoms. The van der Waals surface area contributed by atoms with Gasteiger partial charge in [0.1, 0.15) is 63.1 Å². The molecule has 0 bridgehead atoms. The number of aromatic hydroxyl groups is 4. The number of phenolic OH excluding ortho intramolecular Hbond substituents is 4. The maximum absolute atomic E-state index is 9.76. The number of hydrogen-bond donors (Lipinski definition) is 9. The average molecular weight is 1460 g/mol. The van der Waals surface area contributed by atoms with Crippen LogP contribution in [0.2, 0.25) is 0 Å². The quantitative estimate of drug-likeness (QED) is 0.0160. The molecule has 4 aromatic carbocycles. The van der Waals surface area contributed by atoms with Crippen molar-refractivity contribution in [2.45, 2.75) is 259 Å². The number of rotatable bonds is 43. The largest absolute Gasteiger partial charge is 0.508 e. The molecule has 0 aliphatic carbocycles. The first kappa shape index (κ1) is 87.8. The van der Waals surface area contributed by atoms with Gasteiger partial charge in [0.25, 0.3) is 0 Å². The number of nitrogens with zero attached hydrogens (tertiary/aromatic N) is 8. The molecule has 0 saturated carbocycles. The predicted molar refractivity (Wildman–Crippen MR) is 413 cm³/mol. The maximum Gasteiger partial charge on any atom is 0.303 e. The van der Waals surface area contributed by atoms with Crippen LogP contribution in [0.25, 0.3) is 42.3 Å². The van der Waals surface area contributed by atoms with Crippen LogP contribution in [0.1, 0.15) is 254 Å². The number of aliphatic hydroxyl groups excluding tert-OH is 4. The highest BCUT2D eigenvalue weighted by molar-refractivity contribution is 7.15. The first-order valence-electron chi connectivity index (χ1n) is 36.8. The van der Waals surface area contributed by atoms with Crippen molar-refractivity contribution in [2.24, 2.45) is 5.41 Å². The molecule has 9 N–H and O–H groups in total. The van der Waals surface area contributed by atoms with Crippen LogP contribution in [0.4, 0.5) is 0 Å². The van der Waals surface area contributed by atoms with E-state index in [1.807, 2.05) is 55.5 Å². The van der Waals surface area contributed by atoms with E-state index in [1.165, 1.54) is 180 Å². The van der Waals surface area contributed by atoms with Gasteiger partial charge in [-0.3, -0.25) is 4.79 Å². The Labute approximate surface area is 612 Å². The molecule has 0 saturated heterocycles. The lowest BCUT2D eigenvalue weighted by atomic mass is 9.93. The van der Waals surface area contributed by atoms with Crippen molar-refractivity contribution in [1.29, 1.82) is 0 Å². The minimum atomic E-state index is -1.11. The molecule has 4 aromatic heterocycles. The van der Waals surface area contributed by atoms with E-state index in [9.17, 15) is 25.2 Å². The molecule has 554 valence electrons. The third-order valence-corrected chi connectivity index (χ3v) is 20.5. The van der Waals surface area contributed by atoms with Crippen LogP contribution in [0, 0.1) is 5.41 Å². The van der Waals surface area contributed by atoms with Gasteiger partial charge in [0, 0.05) is 54.4 Å². The molecule has 0 aliphatic rings. The molecule has 4 heterocycles. The summed E-state index contributed by atoms with van der Waals surface area (Å²) < 4.78 is 0. The number of carbonyl (C=O) groups is 1. The van der Waals surface area contributed by atoms with E-state index < -0.39 is 37.8 Å². The number of aliphatic carboxylic acids is 1. The number of carboxylic acid groups (broad SMARTS) is 1. The molecule has 18 nitrogen and oxygen atoms in total. The first-order chi connectivity index (χ1) is 48.7. The Hall–Kier alpha value is -6.37. The molecule has 8 rings (SSSR count). The monoisotopic (exact) mass is 1450 g/mol. The SMILES string of the molecule is CCCCC(=O)O.CCCCCCCCCc1nnc(-c2ccc(O)cc2)s1.CCCCCCCCCc1nnc(-c2ccc(O)cc2)s1.CCCCCCCCCc1nnc(-c2ccc(O)cc2)s1.CCCCCCCCCc1nnc(-c2ccc(O)cc2)s1.OCC(CO)(CO)CO. The molecule has 0 radical (unpaired) electrons. The van der Waals surface area contributed by atoms with Crippen molar-refractivity contribution in [3.05, 3.63) is 117 Å². The van der Waals surface area contributed by atoms with Crippen molar-refractivity contribution < 1.29 is 50.8 Å². The zero-order valence-corrected chi connectivity index (χ0v) is 63.7. The zero-order valence-electron chi connectivity index (χ0n) is 60.5. The molecule has 8 aromatic rings. The summed E-state index contributed by atoms with van der Waals surface area (Å²) in [6.07, 6.45) is 43.2. The number of aryl methyl sites for hydroxylation is 4. The number of carboxylic acids is 1. The van der Waals surface area contributed by atoms with Crippen LogP contribution in [0.15, 0.2) is 97.1 Å². The van der Waals surface area contributed by atoms with Crippen LogP contribution < -0.4 is 0 Å². The summed E-state index contributed by atoms with van der Waals surface area (Å²) in [5, 5.41) is 121. The number of aliphatic hydroxyl groups is 4. The minimum absolute atomic E-state index is 0.284. The first-order valence-corrected chi connectivity index (χ1v) is 40.1. The van der Waals surface area contributed by atoms with Crippen molar-refractivity contribution in [3.63, 3.8) is 0 Å². The Morgan fingerprint density at radius 1 is 0.290 bits per heavy atom. The fraction of sp³-hybridized carbons (Fsp3) is 0.577. The smallest absolute Gasteiger partial charge is 0.303 e. The summed E-state index contributed by atoms with van der Waals surface area (Å²) in [6.45, 7) is 9.35. The van der Waals surface area contributed by atoms with Gasteiger partial charge in [-0.25, -0.2) is 0 Å². The zero-order chi connectivity index (χ0) is 72.7. The van der Waals surface area contributed by atoms with E-state index in [2.05, 4.69) is 68.5 Å². The Balaban J connectivity index is 0.000000323. The maximum atomic E-state index is 9.76. The molecule has 0 amide bonds. The Morgan fingerprint density at radius 3 is 0.640 bits per heavy atom. The standard InChI is InChI=1S/4C17H24N2OS.C5H12O4.C5H10O2/c4*1-2-3-4-5-6-7-8-9-16-18-19-17(21-16)14-10-12-15(20)13-11-14;6-1-5(2-7,3-8)4-9;1-2-3-4-5(6)7/h4*10-13,20H,2-9H2,1H3;6-9H,1-4H2;2-4H2,1H3,(H,6,7). The number of benzene rings is 4. The van der Waals surface area contributed by atoms with Crippen LogP contribution in [-0.2, 0) is 30.5 Å². The molecule has 0 atom stereocenters. The summed E-state index contributed by atoms with van der Waals surface area (Å²) in [4.78, 5) is 9.76. The number of hydrogen-bond acceptors (Lipinski definition) is 21. The van der Waals surface area contributed by atoms with Crippen molar-refractivity contribution in [3.8, 4) is 65.3 Å². The van der Waals surface area contributed by atoms with Gasteiger partial charge in [0.05, 0.1) is 31.8 Å². The normalized spacial score (nSPS) is 10.8. The Morgan fingerprint density at radius 2 is 0.480 bits per heavy atom. The highest BCUT2D eigenvalue weighted by Gasteiger charge is 2.26. The van der Waals surface area contributed by atoms with Crippen LogP contribution in [0.5, 0.6) is 23.0 Å². The number of phenols is 4. The van der Waals surface area contributed by atoms with Crippen molar-refractivity contribution in [1.82, 2.24) is 40.8 Å². The second-order valence-electron chi connectivity index (χ2n) is 25.3. The fourth-order valence-electron chi connectivity index (χ4n) is 9.86. The topological polar surface area (TPSA) is 302 Å². The van der Waals surface area contributed by atoms with E-state index in [4.69, 9.17) is 25.5 Å². The van der Waals surface area contributed by atoms with Gasteiger partial charge in [-0.05, 0) is 129 Å². The van der Waals surface area contributed by atoms with Gasteiger partial charge in [0.2, 0.25) is 0 Å². The van der Waals surface area contributed by atoms with E-state index >= 15 is 0 Å². The Kier molecular flexibility index (Phi) is 49.4. The predicted octanol–water partition coefficient (Wildman–Crippen LogP) is 20.0. The molecule has 0 spiro atoms. The van der Waals surface area contributed by atoms with Crippen LogP contribution in [-0.4, -0.2) is 119 Å². The van der Waals surface area contributed by atoms with E-state index in [0.29, 0.717) is 6.42 Å². The minimum Gasteiger partial charge on any atom is -0.508 e. The highest BCUT2D eigenvalue weighted by atomic mass is 32.1. The van der Waals surface area contributed by atoms with Gasteiger partial charge >= 0.3 is 5.97 Å². The second-order valence-corrected chi connectivity index (χ2v) is 29.6. The van der Waals surface area contributed by atoms with E-state index in [-0.39, 0.29) is 23.0 Å². The van der Waals surface area contributed by atoms with E-state index in [1.54, 1.807) is 93.9 Å². The highest BCUT2D eigenvalue weighted by Crippen LogP contribution is 2.30. The summed E-state index contributed by atoms with van der Waals surface area (Å²) in [7, 11) is 0. The second kappa shape index (κ2) is 56.2. The lowest BCUT2D eigenvalue weighted by Crippen LogP contribution is -2.37. The van der Waals surface area contributed by atoms with E-state index in [0.717, 1.165) is 101 Å². The van der Waals surface area contributed by atoms with Gasteiger partial charge in [0.15, 0.2) is 0 Å². The Bertz CT molecular complexity index is 2820. The average Bonchev–Trinajstić information content (AvgIpc) is 1.74. The summed E-state index contributed by atoms with van der Waals surface area (Å²) in [5.41, 5.74) is 2.99. The molecular weight excluding hydrogens is 1340 g/mol. The van der Waals surface area contributed by atoms with Crippen molar-refractivity contribution in [2.75, 3.05) is 26.4 Å². The van der Waals surface area contributed by atoms with Gasteiger partial charge in [-0.15, -0.1) is 40.8 Å². The fourth-order valence-corrected chi connectivity index (χ4v) is 13.4. The summed E-state index contributed by atoms with van der Waals surface area (Å²) >= 11 is 6.64.